The maximum absolute atomic E-state index is 5.99. The Balaban J connectivity index is 1.78. The van der Waals surface area contributed by atoms with E-state index >= 15 is 0 Å². The van der Waals surface area contributed by atoms with Crippen LogP contribution in [0.2, 0.25) is 0 Å². The monoisotopic (exact) mass is 263 g/mol. The summed E-state index contributed by atoms with van der Waals surface area (Å²) in [6, 6.07) is 6.42. The Morgan fingerprint density at radius 1 is 1.16 bits per heavy atom. The van der Waals surface area contributed by atoms with Gasteiger partial charge in [0.25, 0.3) is 0 Å². The molecule has 1 aromatic rings. The van der Waals surface area contributed by atoms with Gasteiger partial charge in [-0.3, -0.25) is 4.90 Å². The van der Waals surface area contributed by atoms with Crippen LogP contribution in [0.15, 0.2) is 18.2 Å². The van der Waals surface area contributed by atoms with Gasteiger partial charge in [-0.15, -0.1) is 0 Å². The van der Waals surface area contributed by atoms with Crippen LogP contribution in [0.4, 0.5) is 0 Å². The van der Waals surface area contributed by atoms with E-state index in [4.69, 9.17) is 15.2 Å². The number of likely N-dealkylation sites (N-methyl/N-ethyl adjacent to an activating group) is 1. The van der Waals surface area contributed by atoms with Crippen LogP contribution in [0.1, 0.15) is 11.6 Å². The number of hydrogen-bond donors (Lipinski definition) is 1. The third kappa shape index (κ3) is 2.54. The average Bonchev–Trinajstić information content (AvgIpc) is 2.89. The summed E-state index contributed by atoms with van der Waals surface area (Å²) in [5, 5.41) is 0. The average molecular weight is 263 g/mol. The first kappa shape index (κ1) is 12.7. The van der Waals surface area contributed by atoms with Crippen LogP contribution >= 0.6 is 0 Å². The molecule has 2 aliphatic rings. The van der Waals surface area contributed by atoms with Crippen molar-refractivity contribution < 1.29 is 9.47 Å². The molecular formula is C14H21N3O2. The molecule has 0 amide bonds. The highest BCUT2D eigenvalue weighted by Gasteiger charge is 2.24. The van der Waals surface area contributed by atoms with Crippen LogP contribution in [0, 0.1) is 0 Å². The van der Waals surface area contributed by atoms with Gasteiger partial charge in [-0.2, -0.15) is 0 Å². The van der Waals surface area contributed by atoms with Crippen molar-refractivity contribution in [3.8, 4) is 11.5 Å². The van der Waals surface area contributed by atoms with E-state index in [1.165, 1.54) is 5.56 Å². The van der Waals surface area contributed by atoms with Gasteiger partial charge in [0.15, 0.2) is 11.5 Å². The van der Waals surface area contributed by atoms with Gasteiger partial charge in [0.1, 0.15) is 0 Å². The summed E-state index contributed by atoms with van der Waals surface area (Å²) in [6.07, 6.45) is 0. The highest BCUT2D eigenvalue weighted by atomic mass is 16.7. The van der Waals surface area contributed by atoms with E-state index in [2.05, 4.69) is 29.0 Å². The molecule has 5 nitrogen and oxygen atoms in total. The van der Waals surface area contributed by atoms with Gasteiger partial charge in [0.2, 0.25) is 6.79 Å². The standard InChI is InChI=1S/C14H21N3O2/c1-16-4-6-17(7-5-16)12(9-15)11-2-3-13-14(8-11)19-10-18-13/h2-3,8,12H,4-7,9-10,15H2,1H3. The summed E-state index contributed by atoms with van der Waals surface area (Å²) < 4.78 is 10.8. The molecular weight excluding hydrogens is 242 g/mol. The van der Waals surface area contributed by atoms with Crippen LogP contribution in [-0.4, -0.2) is 56.4 Å². The minimum atomic E-state index is 0.267. The Bertz CT molecular complexity index is 444. The fourth-order valence-electron chi connectivity index (χ4n) is 2.75. The third-order valence-corrected chi connectivity index (χ3v) is 3.98. The van der Waals surface area contributed by atoms with E-state index in [1.807, 2.05) is 6.07 Å². The predicted molar refractivity (Wildman–Crippen MR) is 73.4 cm³/mol. The first-order valence-corrected chi connectivity index (χ1v) is 6.80. The second kappa shape index (κ2) is 5.36. The van der Waals surface area contributed by atoms with E-state index in [1.54, 1.807) is 0 Å². The third-order valence-electron chi connectivity index (χ3n) is 3.98. The quantitative estimate of drug-likeness (QED) is 0.868. The van der Waals surface area contributed by atoms with E-state index in [-0.39, 0.29) is 6.04 Å². The largest absolute Gasteiger partial charge is 0.454 e. The minimum absolute atomic E-state index is 0.267. The lowest BCUT2D eigenvalue weighted by Crippen LogP contribution is -2.47. The number of piperazine rings is 1. The Hall–Kier alpha value is -1.30. The zero-order chi connectivity index (χ0) is 13.2. The molecule has 19 heavy (non-hydrogen) atoms. The summed E-state index contributed by atoms with van der Waals surface area (Å²) in [5.74, 6) is 1.67. The first-order valence-electron chi connectivity index (χ1n) is 6.80. The molecule has 2 N–H and O–H groups in total. The normalized spacial score (nSPS) is 21.6. The van der Waals surface area contributed by atoms with Crippen molar-refractivity contribution in [3.05, 3.63) is 23.8 Å². The van der Waals surface area contributed by atoms with E-state index in [0.717, 1.165) is 37.7 Å². The van der Waals surface area contributed by atoms with Crippen LogP contribution in [0.5, 0.6) is 11.5 Å². The molecule has 5 heteroatoms. The molecule has 0 saturated carbocycles. The maximum Gasteiger partial charge on any atom is 0.231 e. The number of hydrogen-bond acceptors (Lipinski definition) is 5. The van der Waals surface area contributed by atoms with Crippen LogP contribution < -0.4 is 15.2 Å². The van der Waals surface area contributed by atoms with Crippen molar-refractivity contribution in [1.29, 1.82) is 0 Å². The highest BCUT2D eigenvalue weighted by molar-refractivity contribution is 5.45. The van der Waals surface area contributed by atoms with Gasteiger partial charge in [-0.1, -0.05) is 6.07 Å². The maximum atomic E-state index is 5.99. The molecule has 0 spiro atoms. The topological polar surface area (TPSA) is 51.0 Å². The van der Waals surface area contributed by atoms with Gasteiger partial charge >= 0.3 is 0 Å². The smallest absolute Gasteiger partial charge is 0.231 e. The molecule has 1 atom stereocenters. The molecule has 0 aliphatic carbocycles. The molecule has 1 unspecified atom stereocenters. The van der Waals surface area contributed by atoms with Crippen molar-refractivity contribution in [3.63, 3.8) is 0 Å². The van der Waals surface area contributed by atoms with Gasteiger partial charge in [0, 0.05) is 38.8 Å². The van der Waals surface area contributed by atoms with Crippen molar-refractivity contribution in [2.24, 2.45) is 5.73 Å². The Labute approximate surface area is 113 Å². The van der Waals surface area contributed by atoms with Crippen molar-refractivity contribution in [2.75, 3.05) is 46.6 Å². The number of benzene rings is 1. The summed E-state index contributed by atoms with van der Waals surface area (Å²) in [4.78, 5) is 4.81. The number of ether oxygens (including phenoxy) is 2. The van der Waals surface area contributed by atoms with Crippen LogP contribution in [0.25, 0.3) is 0 Å². The molecule has 0 bridgehead atoms. The summed E-state index contributed by atoms with van der Waals surface area (Å²) >= 11 is 0. The summed E-state index contributed by atoms with van der Waals surface area (Å²) in [6.45, 7) is 5.27. The Morgan fingerprint density at radius 3 is 2.63 bits per heavy atom. The lowest BCUT2D eigenvalue weighted by Gasteiger charge is -2.37. The predicted octanol–water partition coefficient (Wildman–Crippen LogP) is 0.663. The van der Waals surface area contributed by atoms with Crippen molar-refractivity contribution in [1.82, 2.24) is 9.80 Å². The van der Waals surface area contributed by atoms with Crippen LogP contribution in [0.3, 0.4) is 0 Å². The summed E-state index contributed by atoms with van der Waals surface area (Å²) in [7, 11) is 2.16. The first-order chi connectivity index (χ1) is 9.28. The zero-order valence-corrected chi connectivity index (χ0v) is 11.3. The Morgan fingerprint density at radius 2 is 1.89 bits per heavy atom. The number of nitrogens with two attached hydrogens (primary N) is 1. The SMILES string of the molecule is CN1CCN(C(CN)c2ccc3c(c2)OCO3)CC1. The van der Waals surface area contributed by atoms with Gasteiger partial charge in [-0.25, -0.2) is 0 Å². The van der Waals surface area contributed by atoms with Crippen LogP contribution in [-0.2, 0) is 0 Å². The van der Waals surface area contributed by atoms with E-state index in [9.17, 15) is 0 Å². The molecule has 1 saturated heterocycles. The van der Waals surface area contributed by atoms with Gasteiger partial charge in [0.05, 0.1) is 0 Å². The van der Waals surface area contributed by atoms with E-state index < -0.39 is 0 Å². The lowest BCUT2D eigenvalue weighted by atomic mass is 10.0. The molecule has 0 aromatic heterocycles. The number of nitrogens with zero attached hydrogens (tertiary/aromatic N) is 2. The molecule has 1 aromatic carbocycles. The molecule has 2 heterocycles. The minimum Gasteiger partial charge on any atom is -0.454 e. The molecule has 3 rings (SSSR count). The van der Waals surface area contributed by atoms with Crippen molar-refractivity contribution >= 4 is 0 Å². The molecule has 104 valence electrons. The molecule has 2 aliphatic heterocycles. The Kier molecular flexibility index (Phi) is 3.59. The highest BCUT2D eigenvalue weighted by Crippen LogP contribution is 2.35. The molecule has 0 radical (unpaired) electrons. The second-order valence-electron chi connectivity index (χ2n) is 5.20. The lowest BCUT2D eigenvalue weighted by molar-refractivity contribution is 0.114. The van der Waals surface area contributed by atoms with E-state index in [0.29, 0.717) is 13.3 Å². The summed E-state index contributed by atoms with van der Waals surface area (Å²) in [5.41, 5.74) is 7.21. The van der Waals surface area contributed by atoms with Gasteiger partial charge < -0.3 is 20.1 Å². The number of fused-ring (bicyclic) bond motifs is 1. The second-order valence-corrected chi connectivity index (χ2v) is 5.20. The number of rotatable bonds is 3. The van der Waals surface area contributed by atoms with Crippen molar-refractivity contribution in [2.45, 2.75) is 6.04 Å². The molecule has 1 fully saturated rings. The zero-order valence-electron chi connectivity index (χ0n) is 11.3. The van der Waals surface area contributed by atoms with Gasteiger partial charge in [-0.05, 0) is 24.7 Å². The fourth-order valence-corrected chi connectivity index (χ4v) is 2.75. The fraction of sp³-hybridized carbons (Fsp3) is 0.571.